The Bertz CT molecular complexity index is 392. The molecular formula is C15H24N2O. The molecule has 3 nitrogen and oxygen atoms in total. The van der Waals surface area contributed by atoms with Crippen molar-refractivity contribution < 1.29 is 4.74 Å². The van der Waals surface area contributed by atoms with Crippen LogP contribution >= 0.6 is 0 Å². The molecule has 1 saturated carbocycles. The smallest absolute Gasteiger partial charge is 0.218 e. The van der Waals surface area contributed by atoms with Gasteiger partial charge in [-0.05, 0) is 44.1 Å². The Morgan fingerprint density at radius 1 is 1.33 bits per heavy atom. The third-order valence-corrected chi connectivity index (χ3v) is 4.12. The van der Waals surface area contributed by atoms with Gasteiger partial charge in [-0.25, -0.2) is 4.98 Å². The number of aromatic nitrogens is 1. The van der Waals surface area contributed by atoms with Gasteiger partial charge in [0.15, 0.2) is 0 Å². The van der Waals surface area contributed by atoms with E-state index < -0.39 is 0 Å². The molecule has 18 heavy (non-hydrogen) atoms. The average Bonchev–Trinajstić information content (AvgIpc) is 2.34. The molecule has 1 aliphatic rings. The van der Waals surface area contributed by atoms with Crippen molar-refractivity contribution in [3.05, 3.63) is 23.9 Å². The van der Waals surface area contributed by atoms with Crippen molar-refractivity contribution in [3.8, 4) is 5.88 Å². The maximum Gasteiger partial charge on any atom is 0.218 e. The van der Waals surface area contributed by atoms with Gasteiger partial charge in [0.1, 0.15) is 6.10 Å². The van der Waals surface area contributed by atoms with Gasteiger partial charge in [-0.15, -0.1) is 0 Å². The zero-order valence-electron chi connectivity index (χ0n) is 11.6. The maximum atomic E-state index is 6.08. The molecule has 2 rings (SSSR count). The Morgan fingerprint density at radius 3 is 2.78 bits per heavy atom. The van der Waals surface area contributed by atoms with Crippen molar-refractivity contribution >= 4 is 0 Å². The van der Waals surface area contributed by atoms with E-state index in [4.69, 9.17) is 10.5 Å². The summed E-state index contributed by atoms with van der Waals surface area (Å²) in [6.07, 6.45) is 5.56. The van der Waals surface area contributed by atoms with E-state index in [1.165, 1.54) is 6.42 Å². The fraction of sp³-hybridized carbons (Fsp3) is 0.667. The quantitative estimate of drug-likeness (QED) is 0.892. The molecule has 0 radical (unpaired) electrons. The summed E-state index contributed by atoms with van der Waals surface area (Å²) < 4.78 is 6.08. The first kappa shape index (κ1) is 13.3. The minimum atomic E-state index is -0.0337. The second-order valence-corrected chi connectivity index (χ2v) is 5.69. The topological polar surface area (TPSA) is 48.1 Å². The van der Waals surface area contributed by atoms with Crippen molar-refractivity contribution in [3.63, 3.8) is 0 Å². The van der Waals surface area contributed by atoms with Crippen LogP contribution in [-0.4, -0.2) is 11.1 Å². The van der Waals surface area contributed by atoms with Crippen LogP contribution in [-0.2, 0) is 0 Å². The first-order chi connectivity index (χ1) is 8.58. The molecule has 100 valence electrons. The first-order valence-corrected chi connectivity index (χ1v) is 6.95. The molecule has 0 bridgehead atoms. The molecule has 3 heteroatoms. The number of ether oxygens (including phenoxy) is 1. The van der Waals surface area contributed by atoms with E-state index in [0.717, 1.165) is 36.1 Å². The van der Waals surface area contributed by atoms with Crippen LogP contribution < -0.4 is 10.5 Å². The molecule has 1 aromatic rings. The summed E-state index contributed by atoms with van der Waals surface area (Å²) in [5.41, 5.74) is 6.95. The molecule has 1 fully saturated rings. The lowest BCUT2D eigenvalue weighted by Gasteiger charge is -2.32. The minimum absolute atomic E-state index is 0.0337. The number of hydrogen-bond acceptors (Lipinski definition) is 3. The maximum absolute atomic E-state index is 6.08. The predicted molar refractivity (Wildman–Crippen MR) is 73.4 cm³/mol. The molecule has 0 spiro atoms. The predicted octanol–water partition coefficient (Wildman–Crippen LogP) is 3.30. The summed E-state index contributed by atoms with van der Waals surface area (Å²) >= 11 is 0. The number of nitrogens with zero attached hydrogens (tertiary/aromatic N) is 1. The second-order valence-electron chi connectivity index (χ2n) is 5.69. The highest BCUT2D eigenvalue weighted by atomic mass is 16.5. The Hall–Kier alpha value is -1.09. The molecule has 1 heterocycles. The lowest BCUT2D eigenvalue weighted by Crippen LogP contribution is -2.29. The molecule has 1 aliphatic carbocycles. The van der Waals surface area contributed by atoms with Gasteiger partial charge in [-0.2, -0.15) is 0 Å². The van der Waals surface area contributed by atoms with E-state index >= 15 is 0 Å². The van der Waals surface area contributed by atoms with E-state index in [0.29, 0.717) is 6.10 Å². The SMILES string of the molecule is CC1CCC(Oc2ncccc2[C@@H](C)N)CC1C. The van der Waals surface area contributed by atoms with E-state index in [9.17, 15) is 0 Å². The molecular weight excluding hydrogens is 224 g/mol. The normalized spacial score (nSPS) is 29.9. The summed E-state index contributed by atoms with van der Waals surface area (Å²) in [6.45, 7) is 6.61. The number of pyridine rings is 1. The van der Waals surface area contributed by atoms with E-state index in [1.807, 2.05) is 19.1 Å². The standard InChI is InChI=1S/C15H24N2O/c1-10-6-7-13(9-11(10)2)18-15-14(12(3)16)5-4-8-17-15/h4-5,8,10-13H,6-7,9,16H2,1-3H3/t10?,11?,12-,13?/m1/s1. The molecule has 0 aliphatic heterocycles. The van der Waals surface area contributed by atoms with Crippen molar-refractivity contribution in [2.75, 3.05) is 0 Å². The van der Waals surface area contributed by atoms with Crippen LogP contribution in [0.3, 0.4) is 0 Å². The van der Waals surface area contributed by atoms with E-state index in [-0.39, 0.29) is 6.04 Å². The molecule has 0 aromatic carbocycles. The molecule has 4 atom stereocenters. The summed E-state index contributed by atoms with van der Waals surface area (Å²) in [6, 6.07) is 3.88. The Labute approximate surface area is 110 Å². The lowest BCUT2D eigenvalue weighted by atomic mass is 9.80. The van der Waals surface area contributed by atoms with Gasteiger partial charge in [0.05, 0.1) is 0 Å². The molecule has 2 N–H and O–H groups in total. The zero-order chi connectivity index (χ0) is 13.1. The molecule has 3 unspecified atom stereocenters. The van der Waals surface area contributed by atoms with Crippen LogP contribution in [0.2, 0.25) is 0 Å². The minimum Gasteiger partial charge on any atom is -0.474 e. The number of hydrogen-bond donors (Lipinski definition) is 1. The van der Waals surface area contributed by atoms with Gasteiger partial charge in [-0.1, -0.05) is 19.9 Å². The Kier molecular flexibility index (Phi) is 4.23. The molecule has 0 saturated heterocycles. The van der Waals surface area contributed by atoms with E-state index in [2.05, 4.69) is 18.8 Å². The third kappa shape index (κ3) is 3.02. The number of rotatable bonds is 3. The van der Waals surface area contributed by atoms with Crippen molar-refractivity contribution in [2.24, 2.45) is 17.6 Å². The van der Waals surface area contributed by atoms with Crippen molar-refractivity contribution in [2.45, 2.75) is 52.2 Å². The van der Waals surface area contributed by atoms with Crippen LogP contribution in [0, 0.1) is 11.8 Å². The monoisotopic (exact) mass is 248 g/mol. The fourth-order valence-corrected chi connectivity index (χ4v) is 2.61. The summed E-state index contributed by atoms with van der Waals surface area (Å²) in [5, 5.41) is 0. The lowest BCUT2D eigenvalue weighted by molar-refractivity contribution is 0.0951. The van der Waals surface area contributed by atoms with E-state index in [1.54, 1.807) is 6.20 Å². The van der Waals surface area contributed by atoms with Gasteiger partial charge in [-0.3, -0.25) is 0 Å². The van der Waals surface area contributed by atoms with Gasteiger partial charge < -0.3 is 10.5 Å². The highest BCUT2D eigenvalue weighted by Crippen LogP contribution is 2.32. The van der Waals surface area contributed by atoms with Crippen LogP contribution in [0.1, 0.15) is 51.6 Å². The van der Waals surface area contributed by atoms with Crippen LogP contribution in [0.4, 0.5) is 0 Å². The Balaban J connectivity index is 2.06. The highest BCUT2D eigenvalue weighted by molar-refractivity contribution is 5.28. The van der Waals surface area contributed by atoms with Crippen molar-refractivity contribution in [1.29, 1.82) is 0 Å². The van der Waals surface area contributed by atoms with Crippen molar-refractivity contribution in [1.82, 2.24) is 4.98 Å². The van der Waals surface area contributed by atoms with Gasteiger partial charge in [0.2, 0.25) is 5.88 Å². The van der Waals surface area contributed by atoms with Crippen LogP contribution in [0.25, 0.3) is 0 Å². The summed E-state index contributed by atoms with van der Waals surface area (Å²) in [4.78, 5) is 4.34. The highest BCUT2D eigenvalue weighted by Gasteiger charge is 2.26. The number of nitrogens with two attached hydrogens (primary N) is 1. The summed E-state index contributed by atoms with van der Waals surface area (Å²) in [5.74, 6) is 2.26. The third-order valence-electron chi connectivity index (χ3n) is 4.12. The second kappa shape index (κ2) is 5.70. The van der Waals surface area contributed by atoms with Gasteiger partial charge >= 0.3 is 0 Å². The molecule has 0 amide bonds. The fourth-order valence-electron chi connectivity index (χ4n) is 2.61. The first-order valence-electron chi connectivity index (χ1n) is 6.95. The van der Waals surface area contributed by atoms with Gasteiger partial charge in [0.25, 0.3) is 0 Å². The largest absolute Gasteiger partial charge is 0.474 e. The van der Waals surface area contributed by atoms with Crippen LogP contribution in [0.5, 0.6) is 5.88 Å². The van der Waals surface area contributed by atoms with Gasteiger partial charge in [0, 0.05) is 17.8 Å². The zero-order valence-corrected chi connectivity index (χ0v) is 11.6. The average molecular weight is 248 g/mol. The summed E-state index contributed by atoms with van der Waals surface area (Å²) in [7, 11) is 0. The molecule has 1 aromatic heterocycles. The Morgan fingerprint density at radius 2 is 2.11 bits per heavy atom. The van der Waals surface area contributed by atoms with Crippen LogP contribution in [0.15, 0.2) is 18.3 Å².